The van der Waals surface area contributed by atoms with E-state index in [1.807, 2.05) is 13.8 Å². The van der Waals surface area contributed by atoms with Crippen molar-refractivity contribution < 1.29 is 18.7 Å². The van der Waals surface area contributed by atoms with Gasteiger partial charge in [-0.3, -0.25) is 9.59 Å². The average Bonchev–Trinajstić information content (AvgIpc) is 2.68. The van der Waals surface area contributed by atoms with Crippen molar-refractivity contribution in [1.82, 2.24) is 5.32 Å². The van der Waals surface area contributed by atoms with E-state index in [2.05, 4.69) is 11.4 Å². The first kappa shape index (κ1) is 22.1. The molecular formula is C22H24FN3O3. The maximum Gasteiger partial charge on any atom is 0.307 e. The summed E-state index contributed by atoms with van der Waals surface area (Å²) in [6.07, 6.45) is -0.229. The minimum Gasteiger partial charge on any atom is -0.469 e. The zero-order chi connectivity index (χ0) is 21.7. The second kappa shape index (κ2) is 9.30. The number of benzene rings is 2. The van der Waals surface area contributed by atoms with Gasteiger partial charge in [-0.15, -0.1) is 0 Å². The van der Waals surface area contributed by atoms with Crippen molar-refractivity contribution in [3.05, 3.63) is 57.9 Å². The molecule has 0 spiro atoms. The lowest BCUT2D eigenvalue weighted by Crippen LogP contribution is -2.35. The van der Waals surface area contributed by atoms with E-state index in [1.54, 1.807) is 31.2 Å². The molecule has 7 heteroatoms. The standard InChI is InChI=1S/C22H24FN3O3/c1-12-5-15(10-24)6-13(2)21(12)16-7-14(3)22(23)17(8-16)18(9-20(28)29-4)26-19(27)11-25/h5-8,18H,9,11,25H2,1-4H3,(H,26,27). The third-order valence-corrected chi connectivity index (χ3v) is 4.73. The Bertz CT molecular complexity index is 955. The lowest BCUT2D eigenvalue weighted by atomic mass is 9.89. The van der Waals surface area contributed by atoms with E-state index in [1.165, 1.54) is 7.11 Å². The second-order valence-corrected chi connectivity index (χ2v) is 6.90. The number of carbonyl (C=O) groups excluding carboxylic acids is 2. The summed E-state index contributed by atoms with van der Waals surface area (Å²) in [5, 5.41) is 11.8. The number of methoxy groups -OCH3 is 1. The number of esters is 1. The molecule has 3 N–H and O–H groups in total. The maximum atomic E-state index is 15.0. The van der Waals surface area contributed by atoms with Crippen LogP contribution in [0.3, 0.4) is 0 Å². The first-order chi connectivity index (χ1) is 13.7. The van der Waals surface area contributed by atoms with Crippen molar-refractivity contribution in [2.75, 3.05) is 13.7 Å². The van der Waals surface area contributed by atoms with Crippen LogP contribution in [0.4, 0.5) is 4.39 Å². The Morgan fingerprint density at radius 3 is 2.31 bits per heavy atom. The summed E-state index contributed by atoms with van der Waals surface area (Å²) in [6.45, 7) is 5.09. The molecule has 0 saturated carbocycles. The van der Waals surface area contributed by atoms with E-state index in [-0.39, 0.29) is 18.5 Å². The van der Waals surface area contributed by atoms with Gasteiger partial charge in [-0.25, -0.2) is 4.39 Å². The van der Waals surface area contributed by atoms with Crippen LogP contribution in [0, 0.1) is 37.9 Å². The summed E-state index contributed by atoms with van der Waals surface area (Å²) in [5.74, 6) is -1.60. The van der Waals surface area contributed by atoms with Crippen LogP contribution >= 0.6 is 0 Å². The molecule has 0 fully saturated rings. The van der Waals surface area contributed by atoms with Crippen molar-refractivity contribution in [2.45, 2.75) is 33.2 Å². The Labute approximate surface area is 169 Å². The van der Waals surface area contributed by atoms with Crippen LogP contribution in [-0.2, 0) is 14.3 Å². The molecule has 0 saturated heterocycles. The molecule has 6 nitrogen and oxygen atoms in total. The van der Waals surface area contributed by atoms with Gasteiger partial charge in [0.15, 0.2) is 0 Å². The number of nitrogens with one attached hydrogen (secondary N) is 1. The lowest BCUT2D eigenvalue weighted by molar-refractivity contribution is -0.141. The summed E-state index contributed by atoms with van der Waals surface area (Å²) in [6, 6.07) is 8.06. The normalized spacial score (nSPS) is 11.5. The van der Waals surface area contributed by atoms with Crippen molar-refractivity contribution in [1.29, 1.82) is 5.26 Å². The van der Waals surface area contributed by atoms with E-state index < -0.39 is 23.7 Å². The Hall–Kier alpha value is -3.24. The van der Waals surface area contributed by atoms with Crippen LogP contribution in [0.25, 0.3) is 11.1 Å². The third kappa shape index (κ3) is 4.98. The summed E-state index contributed by atoms with van der Waals surface area (Å²) < 4.78 is 19.7. The van der Waals surface area contributed by atoms with E-state index in [9.17, 15) is 14.0 Å². The minimum absolute atomic E-state index is 0.176. The number of nitriles is 1. The molecule has 0 radical (unpaired) electrons. The zero-order valence-electron chi connectivity index (χ0n) is 16.9. The zero-order valence-corrected chi connectivity index (χ0v) is 16.9. The van der Waals surface area contributed by atoms with Crippen molar-refractivity contribution in [3.63, 3.8) is 0 Å². The average molecular weight is 397 g/mol. The van der Waals surface area contributed by atoms with Gasteiger partial charge in [0.2, 0.25) is 5.91 Å². The summed E-state index contributed by atoms with van der Waals surface area (Å²) in [7, 11) is 1.23. The first-order valence-corrected chi connectivity index (χ1v) is 9.09. The molecule has 2 rings (SSSR count). The SMILES string of the molecule is COC(=O)CC(NC(=O)CN)c1cc(-c2c(C)cc(C#N)cc2C)cc(C)c1F. The molecule has 0 aliphatic heterocycles. The Morgan fingerprint density at radius 2 is 1.79 bits per heavy atom. The number of rotatable bonds is 6. The molecule has 1 amide bonds. The molecule has 0 aromatic heterocycles. The van der Waals surface area contributed by atoms with Gasteiger partial charge >= 0.3 is 5.97 Å². The van der Waals surface area contributed by atoms with E-state index in [4.69, 9.17) is 15.7 Å². The highest BCUT2D eigenvalue weighted by atomic mass is 19.1. The topological polar surface area (TPSA) is 105 Å². The second-order valence-electron chi connectivity index (χ2n) is 6.90. The molecular weight excluding hydrogens is 373 g/mol. The van der Waals surface area contributed by atoms with E-state index in [0.29, 0.717) is 11.1 Å². The summed E-state index contributed by atoms with van der Waals surface area (Å²) in [5.41, 5.74) is 9.80. The number of aryl methyl sites for hydroxylation is 3. The van der Waals surface area contributed by atoms with Gasteiger partial charge in [-0.2, -0.15) is 5.26 Å². The van der Waals surface area contributed by atoms with Gasteiger partial charge in [-0.05, 0) is 72.9 Å². The third-order valence-electron chi connectivity index (χ3n) is 4.73. The highest BCUT2D eigenvalue weighted by molar-refractivity contribution is 5.80. The molecule has 0 bridgehead atoms. The van der Waals surface area contributed by atoms with Gasteiger partial charge in [0.05, 0.1) is 37.7 Å². The number of nitrogens with zero attached hydrogens (tertiary/aromatic N) is 1. The van der Waals surface area contributed by atoms with Crippen LogP contribution < -0.4 is 11.1 Å². The largest absolute Gasteiger partial charge is 0.469 e. The number of hydrogen-bond donors (Lipinski definition) is 2. The smallest absolute Gasteiger partial charge is 0.307 e. The molecule has 29 heavy (non-hydrogen) atoms. The number of ether oxygens (including phenoxy) is 1. The number of hydrogen-bond acceptors (Lipinski definition) is 5. The van der Waals surface area contributed by atoms with Gasteiger partial charge < -0.3 is 15.8 Å². The molecule has 1 unspecified atom stereocenters. The fourth-order valence-electron chi connectivity index (χ4n) is 3.42. The summed E-state index contributed by atoms with van der Waals surface area (Å²) in [4.78, 5) is 23.7. The van der Waals surface area contributed by atoms with Crippen LogP contribution in [-0.4, -0.2) is 25.5 Å². The molecule has 0 aliphatic rings. The van der Waals surface area contributed by atoms with E-state index >= 15 is 0 Å². The number of amides is 1. The Morgan fingerprint density at radius 1 is 1.17 bits per heavy atom. The van der Waals surface area contributed by atoms with Gasteiger partial charge in [0.25, 0.3) is 0 Å². The number of carbonyl (C=O) groups is 2. The minimum atomic E-state index is -0.920. The number of halogens is 1. The Kier molecular flexibility index (Phi) is 7.08. The molecule has 152 valence electrons. The molecule has 1 atom stereocenters. The Balaban J connectivity index is 2.64. The summed E-state index contributed by atoms with van der Waals surface area (Å²) >= 11 is 0. The van der Waals surface area contributed by atoms with Crippen molar-refractivity contribution in [3.8, 4) is 17.2 Å². The number of nitrogens with two attached hydrogens (primary N) is 1. The monoisotopic (exact) mass is 397 g/mol. The predicted octanol–water partition coefficient (Wildman–Crippen LogP) is 2.97. The van der Waals surface area contributed by atoms with Gasteiger partial charge in [0.1, 0.15) is 5.82 Å². The van der Waals surface area contributed by atoms with Crippen molar-refractivity contribution >= 4 is 11.9 Å². The maximum absolute atomic E-state index is 15.0. The highest BCUT2D eigenvalue weighted by Crippen LogP contribution is 2.33. The van der Waals surface area contributed by atoms with Gasteiger partial charge in [-0.1, -0.05) is 0 Å². The molecule has 0 heterocycles. The quantitative estimate of drug-likeness (QED) is 0.729. The fraction of sp³-hybridized carbons (Fsp3) is 0.318. The van der Waals surface area contributed by atoms with Crippen LogP contribution in [0.2, 0.25) is 0 Å². The van der Waals surface area contributed by atoms with Crippen molar-refractivity contribution in [2.24, 2.45) is 5.73 Å². The highest BCUT2D eigenvalue weighted by Gasteiger charge is 2.24. The van der Waals surface area contributed by atoms with Crippen LogP contribution in [0.5, 0.6) is 0 Å². The predicted molar refractivity (Wildman–Crippen MR) is 107 cm³/mol. The van der Waals surface area contributed by atoms with Crippen LogP contribution in [0.1, 0.15) is 40.3 Å². The van der Waals surface area contributed by atoms with Gasteiger partial charge in [0, 0.05) is 5.56 Å². The lowest BCUT2D eigenvalue weighted by Gasteiger charge is -2.21. The molecule has 2 aromatic carbocycles. The molecule has 0 aliphatic carbocycles. The van der Waals surface area contributed by atoms with Crippen LogP contribution in [0.15, 0.2) is 24.3 Å². The fourth-order valence-corrected chi connectivity index (χ4v) is 3.42. The van der Waals surface area contributed by atoms with E-state index in [0.717, 1.165) is 22.3 Å². The first-order valence-electron chi connectivity index (χ1n) is 9.09. The molecule has 2 aromatic rings.